The third-order valence-corrected chi connectivity index (χ3v) is 2.07. The van der Waals surface area contributed by atoms with Gasteiger partial charge in [0.1, 0.15) is 6.17 Å². The molecule has 0 aromatic heterocycles. The van der Waals surface area contributed by atoms with Crippen LogP contribution in [0.2, 0.25) is 0 Å². The minimum absolute atomic E-state index is 0.279. The van der Waals surface area contributed by atoms with Gasteiger partial charge in [-0.1, -0.05) is 6.92 Å². The van der Waals surface area contributed by atoms with Gasteiger partial charge >= 0.3 is 0 Å². The Balaban J connectivity index is 2.35. The number of hydrogen-bond acceptors (Lipinski definition) is 1. The summed E-state index contributed by atoms with van der Waals surface area (Å²) in [6.45, 7) is 3.67. The molecule has 1 saturated heterocycles. The van der Waals surface area contributed by atoms with Crippen molar-refractivity contribution in [1.82, 2.24) is 4.90 Å². The quantitative estimate of drug-likeness (QED) is 0.479. The molecule has 0 aliphatic carbocycles. The van der Waals surface area contributed by atoms with E-state index in [0.717, 1.165) is 13.0 Å². The van der Waals surface area contributed by atoms with E-state index in [2.05, 4.69) is 0 Å². The van der Waals surface area contributed by atoms with Gasteiger partial charge in [-0.15, -0.1) is 0 Å². The predicted molar refractivity (Wildman–Crippen MR) is 36.2 cm³/mol. The average molecular weight is 131 g/mol. The smallest absolute Gasteiger partial charge is 0.115 e. The first kappa shape index (κ1) is 7.00. The highest BCUT2D eigenvalue weighted by Crippen LogP contribution is 2.17. The molecule has 2 atom stereocenters. The van der Waals surface area contributed by atoms with Gasteiger partial charge in [-0.3, -0.25) is 0 Å². The van der Waals surface area contributed by atoms with Gasteiger partial charge in [0, 0.05) is 6.54 Å². The molecule has 1 unspecified atom stereocenters. The SMILES string of the molecule is CC1CCN(C)C[C@@H]1F. The van der Waals surface area contributed by atoms with Crippen LogP contribution in [0, 0.1) is 5.92 Å². The molecule has 0 radical (unpaired) electrons. The summed E-state index contributed by atoms with van der Waals surface area (Å²) in [5.41, 5.74) is 0. The van der Waals surface area contributed by atoms with Gasteiger partial charge in [-0.2, -0.15) is 0 Å². The van der Waals surface area contributed by atoms with Crippen molar-refractivity contribution in [3.05, 3.63) is 0 Å². The highest BCUT2D eigenvalue weighted by Gasteiger charge is 2.22. The van der Waals surface area contributed by atoms with Gasteiger partial charge in [-0.05, 0) is 25.9 Å². The lowest BCUT2D eigenvalue weighted by Crippen LogP contribution is -2.38. The van der Waals surface area contributed by atoms with Crippen molar-refractivity contribution < 1.29 is 4.39 Å². The van der Waals surface area contributed by atoms with E-state index in [-0.39, 0.29) is 5.92 Å². The first-order chi connectivity index (χ1) is 4.20. The van der Waals surface area contributed by atoms with Crippen LogP contribution >= 0.6 is 0 Å². The second-order valence-electron chi connectivity index (χ2n) is 3.04. The molecule has 0 amide bonds. The zero-order valence-corrected chi connectivity index (χ0v) is 6.10. The first-order valence-electron chi connectivity index (χ1n) is 3.53. The fraction of sp³-hybridized carbons (Fsp3) is 1.00. The Bertz CT molecular complexity index is 94.9. The van der Waals surface area contributed by atoms with Crippen LogP contribution in [0.25, 0.3) is 0 Å². The molecule has 1 fully saturated rings. The zero-order valence-electron chi connectivity index (χ0n) is 6.10. The normalized spacial score (nSPS) is 39.0. The molecule has 0 bridgehead atoms. The van der Waals surface area contributed by atoms with E-state index in [1.165, 1.54) is 0 Å². The monoisotopic (exact) mass is 131 g/mol. The van der Waals surface area contributed by atoms with Crippen LogP contribution in [0.1, 0.15) is 13.3 Å². The van der Waals surface area contributed by atoms with Crippen molar-refractivity contribution in [3.63, 3.8) is 0 Å². The molecule has 2 heteroatoms. The highest BCUT2D eigenvalue weighted by atomic mass is 19.1. The summed E-state index contributed by atoms with van der Waals surface area (Å²) >= 11 is 0. The summed E-state index contributed by atoms with van der Waals surface area (Å²) in [7, 11) is 1.97. The lowest BCUT2D eigenvalue weighted by molar-refractivity contribution is 0.112. The molecule has 0 spiro atoms. The van der Waals surface area contributed by atoms with Gasteiger partial charge in [0.15, 0.2) is 0 Å². The zero-order chi connectivity index (χ0) is 6.85. The van der Waals surface area contributed by atoms with Crippen molar-refractivity contribution in [1.29, 1.82) is 0 Å². The Morgan fingerprint density at radius 3 is 2.67 bits per heavy atom. The summed E-state index contributed by atoms with van der Waals surface area (Å²) < 4.78 is 12.8. The maximum Gasteiger partial charge on any atom is 0.115 e. The van der Waals surface area contributed by atoms with Gasteiger partial charge in [-0.25, -0.2) is 4.39 Å². The second-order valence-corrected chi connectivity index (χ2v) is 3.04. The van der Waals surface area contributed by atoms with Crippen LogP contribution in [-0.2, 0) is 0 Å². The minimum Gasteiger partial charge on any atom is -0.303 e. The molecule has 1 nitrogen and oxygen atoms in total. The summed E-state index contributed by atoms with van der Waals surface area (Å²) in [5.74, 6) is 0.279. The van der Waals surface area contributed by atoms with E-state index in [1.807, 2.05) is 18.9 Å². The highest BCUT2D eigenvalue weighted by molar-refractivity contribution is 4.74. The molecule has 0 aromatic rings. The van der Waals surface area contributed by atoms with E-state index in [4.69, 9.17) is 0 Å². The number of likely N-dealkylation sites (tertiary alicyclic amines) is 1. The summed E-state index contributed by atoms with van der Waals surface area (Å²) in [6, 6.07) is 0. The van der Waals surface area contributed by atoms with Crippen LogP contribution < -0.4 is 0 Å². The summed E-state index contributed by atoms with van der Waals surface area (Å²) in [6.07, 6.45) is 0.418. The van der Waals surface area contributed by atoms with Gasteiger partial charge in [0.2, 0.25) is 0 Å². The third kappa shape index (κ3) is 1.65. The Morgan fingerprint density at radius 1 is 1.56 bits per heavy atom. The van der Waals surface area contributed by atoms with Crippen LogP contribution in [0.4, 0.5) is 4.39 Å². The maximum absolute atomic E-state index is 12.8. The van der Waals surface area contributed by atoms with E-state index in [1.54, 1.807) is 0 Å². The molecule has 1 rings (SSSR count). The molecular formula is C7H14FN. The van der Waals surface area contributed by atoms with Crippen molar-refractivity contribution in [2.24, 2.45) is 5.92 Å². The molecule has 1 aliphatic heterocycles. The minimum atomic E-state index is -0.594. The molecule has 0 aromatic carbocycles. The molecule has 9 heavy (non-hydrogen) atoms. The van der Waals surface area contributed by atoms with Crippen LogP contribution in [-0.4, -0.2) is 31.2 Å². The van der Waals surface area contributed by atoms with Crippen molar-refractivity contribution >= 4 is 0 Å². The fourth-order valence-corrected chi connectivity index (χ4v) is 1.17. The molecule has 0 N–H and O–H groups in total. The molecular weight excluding hydrogens is 117 g/mol. The molecule has 1 heterocycles. The van der Waals surface area contributed by atoms with Gasteiger partial charge in [0.25, 0.3) is 0 Å². The van der Waals surface area contributed by atoms with Crippen LogP contribution in [0.3, 0.4) is 0 Å². The topological polar surface area (TPSA) is 3.24 Å². The van der Waals surface area contributed by atoms with E-state index in [0.29, 0.717) is 6.54 Å². The number of nitrogens with zero attached hydrogens (tertiary/aromatic N) is 1. The first-order valence-corrected chi connectivity index (χ1v) is 3.53. The van der Waals surface area contributed by atoms with Crippen LogP contribution in [0.15, 0.2) is 0 Å². The Morgan fingerprint density at radius 2 is 2.22 bits per heavy atom. The molecule has 54 valence electrons. The molecule has 1 aliphatic rings. The van der Waals surface area contributed by atoms with E-state index in [9.17, 15) is 4.39 Å². The van der Waals surface area contributed by atoms with Crippen LogP contribution in [0.5, 0.6) is 0 Å². The maximum atomic E-state index is 12.8. The Kier molecular flexibility index (Phi) is 2.06. The van der Waals surface area contributed by atoms with E-state index >= 15 is 0 Å². The number of hydrogen-bond donors (Lipinski definition) is 0. The van der Waals surface area contributed by atoms with Crippen molar-refractivity contribution in [2.75, 3.05) is 20.1 Å². The summed E-state index contributed by atoms with van der Waals surface area (Å²) in [5, 5.41) is 0. The number of piperidine rings is 1. The largest absolute Gasteiger partial charge is 0.303 e. The number of rotatable bonds is 0. The standard InChI is InChI=1S/C7H14FN/c1-6-3-4-9(2)5-7(6)8/h6-7H,3-5H2,1-2H3/t6?,7-/m0/s1. The third-order valence-electron chi connectivity index (χ3n) is 2.07. The fourth-order valence-electron chi connectivity index (χ4n) is 1.17. The van der Waals surface area contributed by atoms with E-state index < -0.39 is 6.17 Å². The lowest BCUT2D eigenvalue weighted by atomic mass is 9.98. The van der Waals surface area contributed by atoms with Gasteiger partial charge < -0.3 is 4.90 Å². The summed E-state index contributed by atoms with van der Waals surface area (Å²) in [4.78, 5) is 2.05. The Hall–Kier alpha value is -0.110. The average Bonchev–Trinajstić information content (AvgIpc) is 1.80. The Labute approximate surface area is 55.8 Å². The predicted octanol–water partition coefficient (Wildman–Crippen LogP) is 1.30. The molecule has 0 saturated carbocycles. The lowest BCUT2D eigenvalue weighted by Gasteiger charge is -2.29. The number of halogens is 1. The second kappa shape index (κ2) is 2.65. The van der Waals surface area contributed by atoms with Crippen molar-refractivity contribution in [2.45, 2.75) is 19.5 Å². The van der Waals surface area contributed by atoms with Crippen molar-refractivity contribution in [3.8, 4) is 0 Å². The van der Waals surface area contributed by atoms with Gasteiger partial charge in [0.05, 0.1) is 0 Å². The number of alkyl halides is 1.